The average molecular weight is 312 g/mol. The number of H-pyrrole nitrogens is 1. The summed E-state index contributed by atoms with van der Waals surface area (Å²) in [6.45, 7) is 6.45. The summed E-state index contributed by atoms with van der Waals surface area (Å²) in [5.74, 6) is 1.24. The number of anilines is 2. The molecule has 3 rings (SSSR count). The van der Waals surface area contributed by atoms with Crippen LogP contribution >= 0.6 is 0 Å². The molecule has 23 heavy (non-hydrogen) atoms. The Kier molecular flexibility index (Phi) is 4.88. The molecule has 1 aromatic heterocycles. The van der Waals surface area contributed by atoms with Crippen molar-refractivity contribution in [3.8, 4) is 0 Å². The number of aryl methyl sites for hydroxylation is 1. The fourth-order valence-corrected chi connectivity index (χ4v) is 2.89. The van der Waals surface area contributed by atoms with E-state index >= 15 is 0 Å². The van der Waals surface area contributed by atoms with Crippen molar-refractivity contribution >= 4 is 17.4 Å². The summed E-state index contributed by atoms with van der Waals surface area (Å²) in [7, 11) is 0. The van der Waals surface area contributed by atoms with E-state index in [9.17, 15) is 4.79 Å². The van der Waals surface area contributed by atoms with Gasteiger partial charge < -0.3 is 10.2 Å². The van der Waals surface area contributed by atoms with E-state index in [1.54, 1.807) is 0 Å². The smallest absolute Gasteiger partial charge is 0.279 e. The lowest BCUT2D eigenvalue weighted by molar-refractivity contribution is -0.892. The number of benzene rings is 1. The van der Waals surface area contributed by atoms with Crippen LogP contribution < -0.4 is 20.1 Å². The number of hydrogen-bond donors (Lipinski definition) is 2. The first-order valence-corrected chi connectivity index (χ1v) is 8.12. The van der Waals surface area contributed by atoms with Gasteiger partial charge in [-0.05, 0) is 25.1 Å². The summed E-state index contributed by atoms with van der Waals surface area (Å²) >= 11 is 0. The number of nitrogens with zero attached hydrogens (tertiary/aromatic N) is 1. The third kappa shape index (κ3) is 4.29. The lowest BCUT2D eigenvalue weighted by atomic mass is 10.2. The Labute approximate surface area is 136 Å². The fraction of sp³-hybridized carbons (Fsp3) is 0.333. The summed E-state index contributed by atoms with van der Waals surface area (Å²) < 4.78 is 0. The van der Waals surface area contributed by atoms with Crippen molar-refractivity contribution < 1.29 is 14.7 Å². The van der Waals surface area contributed by atoms with Gasteiger partial charge in [0.1, 0.15) is 26.2 Å². The predicted octanol–water partition coefficient (Wildman–Crippen LogP) is 0.153. The van der Waals surface area contributed by atoms with E-state index in [0.29, 0.717) is 6.54 Å². The summed E-state index contributed by atoms with van der Waals surface area (Å²) in [5, 5.41) is 2.98. The van der Waals surface area contributed by atoms with E-state index in [4.69, 9.17) is 0 Å². The number of rotatable bonds is 4. The zero-order chi connectivity index (χ0) is 16.1. The van der Waals surface area contributed by atoms with Crippen LogP contribution in [0.4, 0.5) is 11.5 Å². The van der Waals surface area contributed by atoms with Crippen molar-refractivity contribution in [1.29, 1.82) is 0 Å². The summed E-state index contributed by atoms with van der Waals surface area (Å²) in [5.41, 5.74) is 2.07. The quantitative estimate of drug-likeness (QED) is 0.845. The van der Waals surface area contributed by atoms with E-state index in [1.807, 2.05) is 49.5 Å². The Hall–Kier alpha value is -2.40. The van der Waals surface area contributed by atoms with Crippen LogP contribution in [0.2, 0.25) is 0 Å². The Morgan fingerprint density at radius 2 is 1.91 bits per heavy atom. The minimum absolute atomic E-state index is 0.0866. The highest BCUT2D eigenvalue weighted by atomic mass is 16.2. The first-order valence-electron chi connectivity index (χ1n) is 8.12. The molecule has 1 aliphatic heterocycles. The molecule has 120 valence electrons. The minimum Gasteiger partial charge on any atom is -0.321 e. The van der Waals surface area contributed by atoms with Crippen molar-refractivity contribution in [2.45, 2.75) is 6.92 Å². The molecular formula is C18H24N4O+2. The maximum Gasteiger partial charge on any atom is 0.279 e. The van der Waals surface area contributed by atoms with Gasteiger partial charge in [0.25, 0.3) is 11.7 Å². The molecule has 1 amide bonds. The van der Waals surface area contributed by atoms with Gasteiger partial charge >= 0.3 is 0 Å². The number of carbonyl (C=O) groups excluding carboxylic acids is 1. The number of amides is 1. The first kappa shape index (κ1) is 15.5. The second kappa shape index (κ2) is 7.24. The SMILES string of the molecule is Cc1ccc(NC(=O)C[NH+]2CCN(c3cccc[nH+]3)CC2)cc1. The molecule has 0 radical (unpaired) electrons. The zero-order valence-corrected chi connectivity index (χ0v) is 13.5. The molecule has 5 heteroatoms. The van der Waals surface area contributed by atoms with E-state index in [1.165, 1.54) is 10.5 Å². The molecular weight excluding hydrogens is 288 g/mol. The maximum atomic E-state index is 12.2. The predicted molar refractivity (Wildman–Crippen MR) is 90.6 cm³/mol. The van der Waals surface area contributed by atoms with Crippen molar-refractivity contribution in [2.75, 3.05) is 42.9 Å². The molecule has 3 N–H and O–H groups in total. The monoisotopic (exact) mass is 312 g/mol. The molecule has 0 unspecified atom stereocenters. The average Bonchev–Trinajstić information content (AvgIpc) is 2.58. The van der Waals surface area contributed by atoms with E-state index in [-0.39, 0.29) is 5.91 Å². The highest BCUT2D eigenvalue weighted by Gasteiger charge is 2.27. The van der Waals surface area contributed by atoms with E-state index in [0.717, 1.165) is 37.7 Å². The first-order chi connectivity index (χ1) is 11.2. The molecule has 0 aliphatic carbocycles. The molecule has 0 bridgehead atoms. The van der Waals surface area contributed by atoms with Gasteiger partial charge in [-0.2, -0.15) is 0 Å². The molecule has 5 nitrogen and oxygen atoms in total. The molecule has 0 spiro atoms. The third-order valence-electron chi connectivity index (χ3n) is 4.25. The van der Waals surface area contributed by atoms with Crippen LogP contribution in [0.25, 0.3) is 0 Å². The number of quaternary nitrogens is 1. The normalized spacial score (nSPS) is 15.4. The zero-order valence-electron chi connectivity index (χ0n) is 13.5. The topological polar surface area (TPSA) is 50.9 Å². The van der Waals surface area contributed by atoms with Gasteiger partial charge in [0, 0.05) is 11.8 Å². The molecule has 0 saturated carbocycles. The number of carbonyl (C=O) groups is 1. The van der Waals surface area contributed by atoms with Gasteiger partial charge in [0.15, 0.2) is 6.54 Å². The van der Waals surface area contributed by atoms with Crippen LogP contribution in [0.3, 0.4) is 0 Å². The Balaban J connectivity index is 1.47. The number of pyridine rings is 1. The molecule has 1 saturated heterocycles. The van der Waals surface area contributed by atoms with Crippen molar-refractivity contribution in [3.05, 3.63) is 54.2 Å². The molecule has 1 aliphatic rings. The van der Waals surface area contributed by atoms with Crippen LogP contribution in [0.15, 0.2) is 48.7 Å². The number of nitrogens with one attached hydrogen (secondary N) is 3. The highest BCUT2D eigenvalue weighted by molar-refractivity contribution is 5.91. The van der Waals surface area contributed by atoms with Crippen LogP contribution in [0.1, 0.15) is 5.56 Å². The fourth-order valence-electron chi connectivity index (χ4n) is 2.89. The third-order valence-corrected chi connectivity index (χ3v) is 4.25. The summed E-state index contributed by atoms with van der Waals surface area (Å²) in [4.78, 5) is 19.1. The van der Waals surface area contributed by atoms with Gasteiger partial charge in [-0.25, -0.2) is 4.98 Å². The van der Waals surface area contributed by atoms with Crippen molar-refractivity contribution in [1.82, 2.24) is 0 Å². The number of aromatic amines is 1. The van der Waals surface area contributed by atoms with Gasteiger partial charge in [-0.1, -0.05) is 23.8 Å². The van der Waals surface area contributed by atoms with Gasteiger partial charge in [0.2, 0.25) is 0 Å². The second-order valence-electron chi connectivity index (χ2n) is 6.08. The molecule has 2 heterocycles. The Morgan fingerprint density at radius 1 is 1.17 bits per heavy atom. The van der Waals surface area contributed by atoms with Gasteiger partial charge in [-0.15, -0.1) is 0 Å². The minimum atomic E-state index is 0.0866. The van der Waals surface area contributed by atoms with Crippen molar-refractivity contribution in [2.24, 2.45) is 0 Å². The van der Waals surface area contributed by atoms with Crippen molar-refractivity contribution in [3.63, 3.8) is 0 Å². The van der Waals surface area contributed by atoms with Gasteiger partial charge in [-0.3, -0.25) is 9.69 Å². The molecule has 1 fully saturated rings. The Bertz CT molecular complexity index is 634. The number of aromatic nitrogens is 1. The van der Waals surface area contributed by atoms with Crippen LogP contribution in [-0.4, -0.2) is 38.6 Å². The lowest BCUT2D eigenvalue weighted by Crippen LogP contribution is -3.15. The van der Waals surface area contributed by atoms with Crippen LogP contribution in [0, 0.1) is 6.92 Å². The largest absolute Gasteiger partial charge is 0.321 e. The molecule has 1 aromatic carbocycles. The summed E-state index contributed by atoms with van der Waals surface area (Å²) in [6.07, 6.45) is 1.95. The number of hydrogen-bond acceptors (Lipinski definition) is 2. The lowest BCUT2D eigenvalue weighted by Gasteiger charge is -2.27. The molecule has 0 atom stereocenters. The van der Waals surface area contributed by atoms with E-state index < -0.39 is 0 Å². The van der Waals surface area contributed by atoms with Gasteiger partial charge in [0.05, 0.1) is 6.20 Å². The van der Waals surface area contributed by atoms with Crippen LogP contribution in [-0.2, 0) is 4.79 Å². The number of piperazine rings is 1. The summed E-state index contributed by atoms with van der Waals surface area (Å²) in [6, 6.07) is 14.0. The standard InChI is InChI=1S/C18H22N4O/c1-15-5-7-16(8-6-15)20-18(23)14-21-10-12-22(13-11-21)17-4-2-3-9-19-17/h2-9H,10-14H2,1H3,(H,20,23)/p+2. The van der Waals surface area contributed by atoms with E-state index in [2.05, 4.69) is 21.3 Å². The highest BCUT2D eigenvalue weighted by Crippen LogP contribution is 2.08. The maximum absolute atomic E-state index is 12.2. The van der Waals surface area contributed by atoms with Crippen LogP contribution in [0.5, 0.6) is 0 Å². The second-order valence-corrected chi connectivity index (χ2v) is 6.08. The Morgan fingerprint density at radius 3 is 2.57 bits per heavy atom. The molecule has 2 aromatic rings.